The van der Waals surface area contributed by atoms with Crippen LogP contribution in [0.4, 0.5) is 13.2 Å². The molecular formula is C7H5F3S. The standard InChI is InChI=1S/C7H5F3S/c1-11-6-3-4(8)2-5(9)7(6)10/h2-3H,1H3. The van der Waals surface area contributed by atoms with Gasteiger partial charge in [0, 0.05) is 11.0 Å². The lowest BCUT2D eigenvalue weighted by molar-refractivity contribution is 0.477. The van der Waals surface area contributed by atoms with Crippen LogP contribution in [0.5, 0.6) is 0 Å². The summed E-state index contributed by atoms with van der Waals surface area (Å²) < 4.78 is 37.4. The predicted octanol–water partition coefficient (Wildman–Crippen LogP) is 2.83. The minimum Gasteiger partial charge on any atom is -0.207 e. The van der Waals surface area contributed by atoms with Crippen molar-refractivity contribution in [3.8, 4) is 0 Å². The van der Waals surface area contributed by atoms with Crippen LogP contribution >= 0.6 is 11.8 Å². The van der Waals surface area contributed by atoms with E-state index in [2.05, 4.69) is 0 Å². The molecule has 0 amide bonds. The zero-order valence-corrected chi connectivity index (χ0v) is 6.51. The molecule has 0 aliphatic rings. The molecule has 11 heavy (non-hydrogen) atoms. The Morgan fingerprint density at radius 1 is 1.18 bits per heavy atom. The molecule has 0 unspecified atom stereocenters. The van der Waals surface area contributed by atoms with Crippen molar-refractivity contribution < 1.29 is 13.2 Å². The van der Waals surface area contributed by atoms with E-state index in [4.69, 9.17) is 0 Å². The van der Waals surface area contributed by atoms with Gasteiger partial charge in [0.1, 0.15) is 5.82 Å². The molecule has 60 valence electrons. The normalized spacial score (nSPS) is 10.2. The Hall–Kier alpha value is -0.640. The Balaban J connectivity index is 3.24. The predicted molar refractivity (Wildman–Crippen MR) is 38.1 cm³/mol. The maximum atomic E-state index is 12.6. The van der Waals surface area contributed by atoms with Crippen LogP contribution in [-0.2, 0) is 0 Å². The SMILES string of the molecule is CSc1cc(F)cc(F)c1F. The van der Waals surface area contributed by atoms with Crippen LogP contribution in [0.25, 0.3) is 0 Å². The monoisotopic (exact) mass is 178 g/mol. The number of hydrogen-bond acceptors (Lipinski definition) is 1. The summed E-state index contributed by atoms with van der Waals surface area (Å²) in [5, 5.41) is 0. The van der Waals surface area contributed by atoms with E-state index >= 15 is 0 Å². The first-order valence-electron chi connectivity index (χ1n) is 2.83. The fourth-order valence-corrected chi connectivity index (χ4v) is 1.19. The van der Waals surface area contributed by atoms with E-state index in [1.54, 1.807) is 6.26 Å². The minimum absolute atomic E-state index is 0.0116. The van der Waals surface area contributed by atoms with Crippen molar-refractivity contribution in [1.29, 1.82) is 0 Å². The van der Waals surface area contributed by atoms with Gasteiger partial charge in [0.2, 0.25) is 0 Å². The molecule has 0 fully saturated rings. The lowest BCUT2D eigenvalue weighted by atomic mass is 10.3. The van der Waals surface area contributed by atoms with Crippen LogP contribution in [-0.4, -0.2) is 6.26 Å². The van der Waals surface area contributed by atoms with Gasteiger partial charge in [0.05, 0.1) is 0 Å². The van der Waals surface area contributed by atoms with E-state index < -0.39 is 17.5 Å². The van der Waals surface area contributed by atoms with Crippen molar-refractivity contribution in [1.82, 2.24) is 0 Å². The highest BCUT2D eigenvalue weighted by Crippen LogP contribution is 2.22. The highest BCUT2D eigenvalue weighted by Gasteiger charge is 2.09. The molecule has 0 radical (unpaired) electrons. The van der Waals surface area contributed by atoms with Gasteiger partial charge in [0.25, 0.3) is 0 Å². The second-order valence-corrected chi connectivity index (χ2v) is 2.75. The molecule has 0 aliphatic carbocycles. The molecule has 1 aromatic rings. The third kappa shape index (κ3) is 1.68. The first-order valence-corrected chi connectivity index (χ1v) is 4.06. The van der Waals surface area contributed by atoms with Gasteiger partial charge in [-0.1, -0.05) is 0 Å². The average molecular weight is 178 g/mol. The molecule has 0 bridgehead atoms. The molecule has 0 spiro atoms. The molecule has 0 aliphatic heterocycles. The first-order chi connectivity index (χ1) is 5.15. The van der Waals surface area contributed by atoms with Gasteiger partial charge in [0.15, 0.2) is 11.6 Å². The molecule has 0 heterocycles. The van der Waals surface area contributed by atoms with Crippen LogP contribution in [0, 0.1) is 17.5 Å². The Labute approximate surface area is 66.4 Å². The second kappa shape index (κ2) is 3.17. The Kier molecular flexibility index (Phi) is 2.44. The molecule has 4 heteroatoms. The third-order valence-corrected chi connectivity index (χ3v) is 1.92. The molecule has 1 aromatic carbocycles. The number of thioether (sulfide) groups is 1. The van der Waals surface area contributed by atoms with Gasteiger partial charge in [-0.25, -0.2) is 13.2 Å². The van der Waals surface area contributed by atoms with Crippen molar-refractivity contribution in [2.75, 3.05) is 6.26 Å². The molecule has 0 atom stereocenters. The lowest BCUT2D eigenvalue weighted by Gasteiger charge is -1.99. The number of halogens is 3. The summed E-state index contributed by atoms with van der Waals surface area (Å²) in [6.45, 7) is 0. The summed E-state index contributed by atoms with van der Waals surface area (Å²) in [6.07, 6.45) is 1.55. The Morgan fingerprint density at radius 3 is 2.36 bits per heavy atom. The average Bonchev–Trinajstić information content (AvgIpc) is 1.96. The number of hydrogen-bond donors (Lipinski definition) is 0. The van der Waals surface area contributed by atoms with Gasteiger partial charge < -0.3 is 0 Å². The van der Waals surface area contributed by atoms with E-state index in [0.717, 1.165) is 17.8 Å². The summed E-state index contributed by atoms with van der Waals surface area (Å²) in [7, 11) is 0. The number of rotatable bonds is 1. The van der Waals surface area contributed by atoms with Gasteiger partial charge >= 0.3 is 0 Å². The van der Waals surface area contributed by atoms with Gasteiger partial charge in [-0.3, -0.25) is 0 Å². The molecule has 0 saturated carbocycles. The van der Waals surface area contributed by atoms with Crippen LogP contribution in [0.3, 0.4) is 0 Å². The zero-order valence-electron chi connectivity index (χ0n) is 5.70. The number of benzene rings is 1. The summed E-state index contributed by atoms with van der Waals surface area (Å²) in [5.74, 6) is -2.89. The van der Waals surface area contributed by atoms with Crippen molar-refractivity contribution in [2.24, 2.45) is 0 Å². The minimum atomic E-state index is -1.14. The van der Waals surface area contributed by atoms with Crippen LogP contribution in [0.2, 0.25) is 0 Å². The summed E-state index contributed by atoms with van der Waals surface area (Å²) in [5.41, 5.74) is 0. The molecule has 1 rings (SSSR count). The first kappa shape index (κ1) is 8.46. The zero-order chi connectivity index (χ0) is 8.43. The molecular weight excluding hydrogens is 173 g/mol. The maximum absolute atomic E-state index is 12.6. The topological polar surface area (TPSA) is 0 Å². The Bertz CT molecular complexity index is 273. The molecule has 0 nitrogen and oxygen atoms in total. The highest BCUT2D eigenvalue weighted by atomic mass is 32.2. The van der Waals surface area contributed by atoms with E-state index in [9.17, 15) is 13.2 Å². The van der Waals surface area contributed by atoms with E-state index in [0.29, 0.717) is 6.07 Å². The smallest absolute Gasteiger partial charge is 0.172 e. The largest absolute Gasteiger partial charge is 0.207 e. The quantitative estimate of drug-likeness (QED) is 0.470. The summed E-state index contributed by atoms with van der Waals surface area (Å²) in [6, 6.07) is 1.48. The van der Waals surface area contributed by atoms with Crippen LogP contribution in [0.1, 0.15) is 0 Å². The summed E-state index contributed by atoms with van der Waals surface area (Å²) in [4.78, 5) is -0.0116. The van der Waals surface area contributed by atoms with Crippen LogP contribution in [0.15, 0.2) is 17.0 Å². The molecule has 0 N–H and O–H groups in total. The van der Waals surface area contributed by atoms with Crippen molar-refractivity contribution in [2.45, 2.75) is 4.90 Å². The van der Waals surface area contributed by atoms with E-state index in [-0.39, 0.29) is 4.90 Å². The fourth-order valence-electron chi connectivity index (χ4n) is 0.681. The highest BCUT2D eigenvalue weighted by molar-refractivity contribution is 7.98. The van der Waals surface area contributed by atoms with Crippen molar-refractivity contribution in [3.63, 3.8) is 0 Å². The van der Waals surface area contributed by atoms with Crippen LogP contribution < -0.4 is 0 Å². The van der Waals surface area contributed by atoms with E-state index in [1.807, 2.05) is 0 Å². The van der Waals surface area contributed by atoms with Gasteiger partial charge in [-0.15, -0.1) is 11.8 Å². The lowest BCUT2D eigenvalue weighted by Crippen LogP contribution is -1.89. The molecule has 0 saturated heterocycles. The second-order valence-electron chi connectivity index (χ2n) is 1.90. The Morgan fingerprint density at radius 2 is 1.82 bits per heavy atom. The van der Waals surface area contributed by atoms with E-state index in [1.165, 1.54) is 0 Å². The molecule has 0 aromatic heterocycles. The van der Waals surface area contributed by atoms with Gasteiger partial charge in [-0.05, 0) is 12.3 Å². The summed E-state index contributed by atoms with van der Waals surface area (Å²) >= 11 is 0.969. The third-order valence-electron chi connectivity index (χ3n) is 1.18. The van der Waals surface area contributed by atoms with Gasteiger partial charge in [-0.2, -0.15) is 0 Å². The fraction of sp³-hybridized carbons (Fsp3) is 0.143. The maximum Gasteiger partial charge on any atom is 0.172 e. The van der Waals surface area contributed by atoms with Crippen molar-refractivity contribution >= 4 is 11.8 Å². The van der Waals surface area contributed by atoms with Crippen molar-refractivity contribution in [3.05, 3.63) is 29.6 Å².